The number of hydrogen-bond donors (Lipinski definition) is 1. The van der Waals surface area contributed by atoms with Gasteiger partial charge in [-0.1, -0.05) is 42.5 Å². The van der Waals surface area contributed by atoms with Gasteiger partial charge in [0.2, 0.25) is 11.8 Å². The molecule has 3 heteroatoms. The van der Waals surface area contributed by atoms with Crippen molar-refractivity contribution >= 4 is 11.8 Å². The van der Waals surface area contributed by atoms with E-state index in [1.54, 1.807) is 0 Å². The maximum atomic E-state index is 12.2. The normalized spacial score (nSPS) is 31.2. The van der Waals surface area contributed by atoms with Gasteiger partial charge in [0.05, 0.1) is 5.92 Å². The second-order valence-corrected chi connectivity index (χ2v) is 4.59. The Kier molecular flexibility index (Phi) is 2.15. The van der Waals surface area contributed by atoms with Crippen molar-refractivity contribution in [3.05, 3.63) is 48.0 Å². The summed E-state index contributed by atoms with van der Waals surface area (Å²) in [7, 11) is 0. The summed E-state index contributed by atoms with van der Waals surface area (Å²) in [6, 6.07) is 9.55. The van der Waals surface area contributed by atoms with E-state index >= 15 is 0 Å². The monoisotopic (exact) mass is 227 g/mol. The van der Waals surface area contributed by atoms with Crippen molar-refractivity contribution in [2.24, 2.45) is 5.92 Å². The average Bonchev–Trinajstić information content (AvgIpc) is 2.64. The Morgan fingerprint density at radius 3 is 2.71 bits per heavy atom. The van der Waals surface area contributed by atoms with Crippen LogP contribution in [0.15, 0.2) is 42.5 Å². The molecule has 3 nitrogen and oxygen atoms in total. The molecule has 2 atom stereocenters. The highest BCUT2D eigenvalue weighted by Crippen LogP contribution is 2.43. The zero-order valence-corrected chi connectivity index (χ0v) is 9.35. The third kappa shape index (κ3) is 1.28. The van der Waals surface area contributed by atoms with Crippen molar-refractivity contribution in [2.45, 2.75) is 18.3 Å². The van der Waals surface area contributed by atoms with Crippen LogP contribution in [-0.2, 0) is 15.0 Å². The smallest absolute Gasteiger partial charge is 0.241 e. The molecule has 17 heavy (non-hydrogen) atoms. The number of imide groups is 1. The van der Waals surface area contributed by atoms with E-state index in [0.717, 1.165) is 18.4 Å². The first-order valence-electron chi connectivity index (χ1n) is 5.83. The second-order valence-electron chi connectivity index (χ2n) is 4.59. The first-order valence-corrected chi connectivity index (χ1v) is 5.83. The van der Waals surface area contributed by atoms with Crippen molar-refractivity contribution in [3.63, 3.8) is 0 Å². The molecule has 1 saturated heterocycles. The van der Waals surface area contributed by atoms with Crippen molar-refractivity contribution < 1.29 is 9.59 Å². The van der Waals surface area contributed by atoms with Crippen LogP contribution in [0, 0.1) is 5.92 Å². The highest BCUT2D eigenvalue weighted by molar-refractivity contribution is 6.12. The van der Waals surface area contributed by atoms with E-state index in [1.165, 1.54) is 0 Å². The number of carbonyl (C=O) groups is 2. The number of amides is 2. The molecule has 1 aliphatic heterocycles. The topological polar surface area (TPSA) is 46.2 Å². The minimum absolute atomic E-state index is 0.136. The minimum atomic E-state index is -0.767. The van der Waals surface area contributed by atoms with Gasteiger partial charge >= 0.3 is 0 Å². The molecule has 1 aromatic carbocycles. The quantitative estimate of drug-likeness (QED) is 0.584. The standard InChI is InChI=1S/C14H13NO2/c16-12-11-8-4-5-9-14(11,13(17)15-12)10-6-2-1-3-7-10/h1-3,5-7,9,11H,4,8H2,(H,15,16,17). The fourth-order valence-electron chi connectivity index (χ4n) is 2.89. The molecule has 0 saturated carbocycles. The van der Waals surface area contributed by atoms with E-state index in [0.29, 0.717) is 0 Å². The lowest BCUT2D eigenvalue weighted by molar-refractivity contribution is -0.126. The van der Waals surface area contributed by atoms with Gasteiger partial charge in [0.15, 0.2) is 0 Å². The molecule has 1 N–H and O–H groups in total. The predicted octanol–water partition coefficient (Wildman–Crippen LogP) is 1.55. The first-order chi connectivity index (χ1) is 8.25. The number of rotatable bonds is 1. The Labute approximate surface area is 99.5 Å². The third-order valence-electron chi connectivity index (χ3n) is 3.73. The molecule has 2 aliphatic rings. The zero-order chi connectivity index (χ0) is 11.9. The van der Waals surface area contributed by atoms with E-state index in [4.69, 9.17) is 0 Å². The number of nitrogens with one attached hydrogen (secondary N) is 1. The Balaban J connectivity index is 2.20. The summed E-state index contributed by atoms with van der Waals surface area (Å²) in [5.41, 5.74) is 0.139. The van der Waals surface area contributed by atoms with E-state index in [1.807, 2.05) is 42.5 Å². The minimum Gasteiger partial charge on any atom is -0.295 e. The highest BCUT2D eigenvalue weighted by Gasteiger charge is 2.55. The average molecular weight is 227 g/mol. The van der Waals surface area contributed by atoms with Crippen molar-refractivity contribution in [2.75, 3.05) is 0 Å². The summed E-state index contributed by atoms with van der Waals surface area (Å²) in [4.78, 5) is 24.0. The highest BCUT2D eigenvalue weighted by atomic mass is 16.2. The number of hydrogen-bond acceptors (Lipinski definition) is 2. The Morgan fingerprint density at radius 1 is 1.18 bits per heavy atom. The zero-order valence-electron chi connectivity index (χ0n) is 9.35. The van der Waals surface area contributed by atoms with Gasteiger partial charge in [-0.05, 0) is 18.4 Å². The molecular weight excluding hydrogens is 214 g/mol. The van der Waals surface area contributed by atoms with Gasteiger partial charge in [-0.2, -0.15) is 0 Å². The van der Waals surface area contributed by atoms with Crippen LogP contribution in [0.5, 0.6) is 0 Å². The molecule has 0 spiro atoms. The van der Waals surface area contributed by atoms with Gasteiger partial charge in [0, 0.05) is 0 Å². The fourth-order valence-corrected chi connectivity index (χ4v) is 2.89. The molecule has 0 bridgehead atoms. The molecule has 86 valence electrons. The van der Waals surface area contributed by atoms with Gasteiger partial charge in [-0.15, -0.1) is 0 Å². The fraction of sp³-hybridized carbons (Fsp3) is 0.286. The number of benzene rings is 1. The summed E-state index contributed by atoms with van der Waals surface area (Å²) in [6.07, 6.45) is 5.50. The maximum absolute atomic E-state index is 12.2. The van der Waals surface area contributed by atoms with Gasteiger partial charge in [-0.25, -0.2) is 0 Å². The number of fused-ring (bicyclic) bond motifs is 1. The molecule has 0 aromatic heterocycles. The molecule has 0 radical (unpaired) electrons. The largest absolute Gasteiger partial charge is 0.295 e. The van der Waals surface area contributed by atoms with Gasteiger partial charge in [0.25, 0.3) is 0 Å². The van der Waals surface area contributed by atoms with Gasteiger partial charge in [-0.3, -0.25) is 14.9 Å². The van der Waals surface area contributed by atoms with E-state index in [2.05, 4.69) is 5.32 Å². The van der Waals surface area contributed by atoms with Crippen LogP contribution < -0.4 is 5.32 Å². The Morgan fingerprint density at radius 2 is 1.94 bits per heavy atom. The van der Waals surface area contributed by atoms with Crippen molar-refractivity contribution in [3.8, 4) is 0 Å². The summed E-state index contributed by atoms with van der Waals surface area (Å²) >= 11 is 0. The summed E-state index contributed by atoms with van der Waals surface area (Å²) < 4.78 is 0. The van der Waals surface area contributed by atoms with Crippen LogP contribution >= 0.6 is 0 Å². The van der Waals surface area contributed by atoms with E-state index in [9.17, 15) is 9.59 Å². The molecule has 1 heterocycles. The summed E-state index contributed by atoms with van der Waals surface area (Å²) in [5.74, 6) is -0.569. The molecule has 1 aromatic rings. The molecule has 1 fully saturated rings. The Hall–Kier alpha value is -1.90. The molecule has 3 rings (SSSR count). The van der Waals surface area contributed by atoms with Crippen LogP contribution in [0.25, 0.3) is 0 Å². The molecule has 2 amide bonds. The Bertz CT molecular complexity index is 506. The van der Waals surface area contributed by atoms with Crippen LogP contribution in [0.4, 0.5) is 0 Å². The SMILES string of the molecule is O=C1NC(=O)C2(c3ccccc3)C=CCCC12. The molecular formula is C14H13NO2. The molecule has 1 aliphatic carbocycles. The predicted molar refractivity (Wildman–Crippen MR) is 63.1 cm³/mol. The van der Waals surface area contributed by atoms with E-state index in [-0.39, 0.29) is 17.7 Å². The third-order valence-corrected chi connectivity index (χ3v) is 3.73. The van der Waals surface area contributed by atoms with Gasteiger partial charge < -0.3 is 0 Å². The maximum Gasteiger partial charge on any atom is 0.241 e. The lowest BCUT2D eigenvalue weighted by Gasteiger charge is -2.31. The summed E-state index contributed by atoms with van der Waals surface area (Å²) in [5, 5.41) is 2.47. The van der Waals surface area contributed by atoms with Crippen LogP contribution in [0.1, 0.15) is 18.4 Å². The van der Waals surface area contributed by atoms with Gasteiger partial charge in [0.1, 0.15) is 5.41 Å². The second kappa shape index (κ2) is 3.55. The van der Waals surface area contributed by atoms with Crippen LogP contribution in [0.2, 0.25) is 0 Å². The summed E-state index contributed by atoms with van der Waals surface area (Å²) in [6.45, 7) is 0. The number of carbonyl (C=O) groups excluding carboxylic acids is 2. The molecule has 2 unspecified atom stereocenters. The lowest BCUT2D eigenvalue weighted by atomic mass is 9.67. The van der Waals surface area contributed by atoms with Crippen LogP contribution in [0.3, 0.4) is 0 Å². The van der Waals surface area contributed by atoms with Crippen molar-refractivity contribution in [1.82, 2.24) is 5.32 Å². The first kappa shape index (κ1) is 10.3. The van der Waals surface area contributed by atoms with Crippen LogP contribution in [-0.4, -0.2) is 11.8 Å². The van der Waals surface area contributed by atoms with E-state index < -0.39 is 5.41 Å². The van der Waals surface area contributed by atoms with Crippen molar-refractivity contribution in [1.29, 1.82) is 0 Å². The lowest BCUT2D eigenvalue weighted by Crippen LogP contribution is -2.39. The number of allylic oxidation sites excluding steroid dienone is 1.